The lowest BCUT2D eigenvalue weighted by Gasteiger charge is -2.33. The Morgan fingerprint density at radius 1 is 1.05 bits per heavy atom. The molecule has 0 spiro atoms. The zero-order chi connectivity index (χ0) is 26.6. The van der Waals surface area contributed by atoms with Crippen LogP contribution < -0.4 is 21.3 Å². The Labute approximate surface area is 220 Å². The maximum atomic E-state index is 13.1. The molecule has 0 saturated carbocycles. The number of likely N-dealkylation sites (tertiary alicyclic amines) is 1. The van der Waals surface area contributed by atoms with E-state index in [4.69, 9.17) is 11.6 Å². The Balaban J connectivity index is 1.48. The largest absolute Gasteiger partial charge is 0.471 e. The molecule has 4 rings (SSSR count). The number of hydrogen-bond acceptors (Lipinski definition) is 5. The summed E-state index contributed by atoms with van der Waals surface area (Å²) in [4.78, 5) is 39.3. The van der Waals surface area contributed by atoms with Gasteiger partial charge in [-0.1, -0.05) is 23.7 Å². The number of carbonyl (C=O) groups is 3. The lowest BCUT2D eigenvalue weighted by atomic mass is 10.1. The van der Waals surface area contributed by atoms with Crippen LogP contribution in [0.5, 0.6) is 0 Å². The number of carbonyl (C=O) groups excluding carboxylic acids is 3. The number of rotatable bonds is 5. The lowest BCUT2D eigenvalue weighted by molar-refractivity contribution is -0.186. The van der Waals surface area contributed by atoms with Crippen LogP contribution in [0.1, 0.15) is 35.4 Å². The topological polar surface area (TPSA) is 103 Å². The summed E-state index contributed by atoms with van der Waals surface area (Å²) in [6.45, 7) is 1.28. The maximum Gasteiger partial charge on any atom is 0.471 e. The van der Waals surface area contributed by atoms with Crippen LogP contribution in [-0.4, -0.2) is 67.2 Å². The lowest BCUT2D eigenvalue weighted by Crippen LogP contribution is -2.53. The average molecular weight is 558 g/mol. The molecule has 4 N–H and O–H groups in total. The van der Waals surface area contributed by atoms with Gasteiger partial charge in [-0.25, -0.2) is 4.79 Å². The Hall–Kier alpha value is -2.83. The molecule has 4 amide bonds. The van der Waals surface area contributed by atoms with E-state index in [1.807, 2.05) is 0 Å². The van der Waals surface area contributed by atoms with E-state index in [0.29, 0.717) is 34.2 Å². The number of amides is 4. The van der Waals surface area contributed by atoms with E-state index in [0.717, 1.165) is 29.8 Å². The van der Waals surface area contributed by atoms with Crippen molar-refractivity contribution < 1.29 is 27.6 Å². The first-order valence-corrected chi connectivity index (χ1v) is 13.1. The van der Waals surface area contributed by atoms with Gasteiger partial charge in [0.2, 0.25) is 0 Å². The molecule has 0 radical (unpaired) electrons. The summed E-state index contributed by atoms with van der Waals surface area (Å²) < 4.78 is 38.5. The van der Waals surface area contributed by atoms with Crippen molar-refractivity contribution in [2.75, 3.05) is 31.5 Å². The van der Waals surface area contributed by atoms with E-state index >= 15 is 0 Å². The van der Waals surface area contributed by atoms with Crippen molar-refractivity contribution in [1.29, 1.82) is 0 Å². The van der Waals surface area contributed by atoms with Gasteiger partial charge in [0, 0.05) is 41.6 Å². The second-order valence-corrected chi connectivity index (χ2v) is 10.6. The number of urea groups is 1. The van der Waals surface area contributed by atoms with E-state index in [1.165, 1.54) is 11.3 Å². The van der Waals surface area contributed by atoms with Crippen LogP contribution in [0, 0.1) is 0 Å². The Morgan fingerprint density at radius 2 is 1.78 bits per heavy atom. The van der Waals surface area contributed by atoms with Gasteiger partial charge >= 0.3 is 18.1 Å². The molecule has 2 aromatic rings. The molecule has 0 aliphatic carbocycles. The molecule has 1 aromatic heterocycles. The van der Waals surface area contributed by atoms with Gasteiger partial charge in [0.1, 0.15) is 4.88 Å². The molecule has 2 aliphatic heterocycles. The molecule has 2 saturated heterocycles. The van der Waals surface area contributed by atoms with E-state index in [-0.39, 0.29) is 30.7 Å². The Bertz CT molecular complexity index is 1140. The molecule has 0 bridgehead atoms. The predicted octanol–water partition coefficient (Wildman–Crippen LogP) is 4.23. The van der Waals surface area contributed by atoms with Gasteiger partial charge < -0.3 is 26.2 Å². The number of thiophene rings is 1. The minimum atomic E-state index is -4.96. The number of hydrogen-bond donors (Lipinski definition) is 4. The molecule has 13 heteroatoms. The summed E-state index contributed by atoms with van der Waals surface area (Å²) in [5, 5.41) is 12.1. The van der Waals surface area contributed by atoms with Crippen molar-refractivity contribution in [3.05, 3.63) is 40.2 Å². The normalized spacial score (nSPS) is 20.3. The number of nitrogens with zero attached hydrogens (tertiary/aromatic N) is 1. The van der Waals surface area contributed by atoms with Gasteiger partial charge in [-0.2, -0.15) is 13.2 Å². The number of halogens is 4. The molecule has 2 atom stereocenters. The highest BCUT2D eigenvalue weighted by Crippen LogP contribution is 2.35. The molecular formula is C24H27ClF3N5O3S. The minimum Gasteiger partial charge on any atom is -0.347 e. The average Bonchev–Trinajstić information content (AvgIpc) is 3.28. The highest BCUT2D eigenvalue weighted by atomic mass is 35.5. The smallest absolute Gasteiger partial charge is 0.347 e. The highest BCUT2D eigenvalue weighted by molar-refractivity contribution is 7.18. The van der Waals surface area contributed by atoms with Gasteiger partial charge in [-0.15, -0.1) is 11.3 Å². The second kappa shape index (κ2) is 11.7. The number of nitrogens with one attached hydrogen (secondary N) is 4. The molecule has 2 fully saturated rings. The molecule has 37 heavy (non-hydrogen) atoms. The summed E-state index contributed by atoms with van der Waals surface area (Å²) in [5.74, 6) is -2.24. The van der Waals surface area contributed by atoms with Gasteiger partial charge in [0.25, 0.3) is 5.91 Å². The van der Waals surface area contributed by atoms with Gasteiger partial charge in [0.05, 0.1) is 5.69 Å². The summed E-state index contributed by atoms with van der Waals surface area (Å²) in [6, 6.07) is 7.38. The minimum absolute atomic E-state index is 0.0204. The standard InChI is InChI=1S/C24H27ClF3N5O3S/c25-15-7-5-14(6-8-15)19-11-18(20(37-19)21(34)30-16-3-1-9-29-12-16)32-23(36)31-17-4-2-10-33(13-17)22(35)24(26,27)28/h5-8,11,16-17,29H,1-4,9-10,12-13H2,(H,30,34)(H2,31,32,36)/t16-,17+/m0/s1. The van der Waals surface area contributed by atoms with Crippen LogP contribution in [-0.2, 0) is 4.79 Å². The third kappa shape index (κ3) is 7.14. The molecule has 0 unspecified atom stereocenters. The first-order chi connectivity index (χ1) is 17.6. The molecule has 8 nitrogen and oxygen atoms in total. The SMILES string of the molecule is O=C(Nc1cc(-c2ccc(Cl)cc2)sc1C(=O)N[C@H]1CCCNC1)N[C@@H]1CCCN(C(=O)C(F)(F)F)C1. The van der Waals surface area contributed by atoms with Crippen molar-refractivity contribution in [2.45, 2.75) is 43.9 Å². The van der Waals surface area contributed by atoms with Crippen LogP contribution in [0.15, 0.2) is 30.3 Å². The quantitative estimate of drug-likeness (QED) is 0.442. The monoisotopic (exact) mass is 557 g/mol. The first kappa shape index (κ1) is 27.2. The van der Waals surface area contributed by atoms with Gasteiger partial charge in [-0.05, 0) is 56.0 Å². The summed E-state index contributed by atoms with van der Waals surface area (Å²) in [6.07, 6.45) is -2.43. The second-order valence-electron chi connectivity index (χ2n) is 9.06. The Morgan fingerprint density at radius 3 is 2.46 bits per heavy atom. The van der Waals surface area contributed by atoms with Crippen molar-refractivity contribution in [3.63, 3.8) is 0 Å². The molecule has 3 heterocycles. The predicted molar refractivity (Wildman–Crippen MR) is 136 cm³/mol. The number of benzene rings is 1. The van der Waals surface area contributed by atoms with Crippen LogP contribution in [0.2, 0.25) is 5.02 Å². The van der Waals surface area contributed by atoms with Crippen LogP contribution >= 0.6 is 22.9 Å². The third-order valence-corrected chi connectivity index (χ3v) is 7.67. The van der Waals surface area contributed by atoms with Crippen molar-refractivity contribution in [1.82, 2.24) is 20.9 Å². The number of alkyl halides is 3. The van der Waals surface area contributed by atoms with Crippen molar-refractivity contribution >= 4 is 46.5 Å². The molecule has 1 aromatic carbocycles. The van der Waals surface area contributed by atoms with E-state index < -0.39 is 24.2 Å². The van der Waals surface area contributed by atoms with Crippen molar-refractivity contribution in [2.24, 2.45) is 0 Å². The summed E-state index contributed by atoms with van der Waals surface area (Å²) in [7, 11) is 0. The summed E-state index contributed by atoms with van der Waals surface area (Å²) >= 11 is 7.21. The zero-order valence-corrected chi connectivity index (χ0v) is 21.4. The van der Waals surface area contributed by atoms with Crippen LogP contribution in [0.4, 0.5) is 23.7 Å². The molecule has 200 valence electrons. The zero-order valence-electron chi connectivity index (χ0n) is 19.8. The first-order valence-electron chi connectivity index (χ1n) is 11.9. The van der Waals surface area contributed by atoms with Crippen LogP contribution in [0.3, 0.4) is 0 Å². The number of anilines is 1. The van der Waals surface area contributed by atoms with Crippen molar-refractivity contribution in [3.8, 4) is 10.4 Å². The van der Waals surface area contributed by atoms with Gasteiger partial charge in [0.15, 0.2) is 0 Å². The third-order valence-electron chi connectivity index (χ3n) is 6.23. The molecule has 2 aliphatic rings. The van der Waals surface area contributed by atoms with E-state index in [9.17, 15) is 27.6 Å². The Kier molecular flexibility index (Phi) is 8.60. The highest BCUT2D eigenvalue weighted by Gasteiger charge is 2.43. The van der Waals surface area contributed by atoms with Crippen LogP contribution in [0.25, 0.3) is 10.4 Å². The number of piperidine rings is 2. The van der Waals surface area contributed by atoms with Gasteiger partial charge in [-0.3, -0.25) is 9.59 Å². The maximum absolute atomic E-state index is 13.1. The fourth-order valence-corrected chi connectivity index (χ4v) is 5.59. The van der Waals surface area contributed by atoms with E-state index in [2.05, 4.69) is 21.3 Å². The fourth-order valence-electron chi connectivity index (χ4n) is 4.44. The fraction of sp³-hybridized carbons (Fsp3) is 0.458. The summed E-state index contributed by atoms with van der Waals surface area (Å²) in [5.41, 5.74) is 1.09. The molecular weight excluding hydrogens is 531 g/mol. The van der Waals surface area contributed by atoms with E-state index in [1.54, 1.807) is 30.3 Å².